The van der Waals surface area contributed by atoms with Gasteiger partial charge in [-0.1, -0.05) is 42.5 Å². The number of hydrogen-bond donors (Lipinski definition) is 1. The number of benzene rings is 2. The Morgan fingerprint density at radius 3 is 2.25 bits per heavy atom. The fourth-order valence-corrected chi connectivity index (χ4v) is 4.18. The summed E-state index contributed by atoms with van der Waals surface area (Å²) in [5.74, 6) is -0.888. The lowest BCUT2D eigenvalue weighted by atomic mass is 10.1. The van der Waals surface area contributed by atoms with Crippen molar-refractivity contribution in [2.75, 3.05) is 0 Å². The quantitative estimate of drug-likeness (QED) is 0.300. The molecular weight excluding hydrogens is 408 g/mol. The number of rotatable bonds is 8. The number of alkyl halides is 1. The molecule has 2 rings (SSSR count). The predicted octanol–water partition coefficient (Wildman–Crippen LogP) is 3.17. The Bertz CT molecular complexity index is 950. The van der Waals surface area contributed by atoms with Crippen LogP contribution in [0.2, 0.25) is 0 Å². The monoisotopic (exact) mass is 426 g/mol. The molecular formula is C18H19ClN2O6S. The third-order valence-electron chi connectivity index (χ3n) is 3.65. The summed E-state index contributed by atoms with van der Waals surface area (Å²) in [6.07, 6.45) is -0.509. The van der Waals surface area contributed by atoms with Gasteiger partial charge in [-0.15, -0.1) is 11.6 Å². The Labute approximate surface area is 167 Å². The summed E-state index contributed by atoms with van der Waals surface area (Å²) in [6.45, 7) is 3.22. The van der Waals surface area contributed by atoms with Crippen LogP contribution < -0.4 is 4.72 Å². The average Bonchev–Trinajstić information content (AvgIpc) is 2.65. The number of para-hydroxylation sites is 1. The SMILES string of the molecule is CC(C)OC(=O)[C@H](NS(=O)(=O)c1ccccc1[N+](=O)[O-])[C@H](Cl)c1ccccc1. The molecule has 2 atom stereocenters. The maximum Gasteiger partial charge on any atom is 0.326 e. The zero-order valence-electron chi connectivity index (χ0n) is 15.1. The van der Waals surface area contributed by atoms with Crippen molar-refractivity contribution in [3.05, 3.63) is 70.3 Å². The van der Waals surface area contributed by atoms with E-state index in [2.05, 4.69) is 4.72 Å². The van der Waals surface area contributed by atoms with Crippen LogP contribution in [0.3, 0.4) is 0 Å². The second kappa shape index (κ2) is 9.13. The molecule has 0 unspecified atom stereocenters. The molecule has 0 fully saturated rings. The van der Waals surface area contributed by atoms with E-state index < -0.39 is 49.0 Å². The first-order chi connectivity index (χ1) is 13.1. The molecule has 0 aliphatic rings. The summed E-state index contributed by atoms with van der Waals surface area (Å²) < 4.78 is 32.9. The maximum atomic E-state index is 12.8. The lowest BCUT2D eigenvalue weighted by molar-refractivity contribution is -0.387. The van der Waals surface area contributed by atoms with Crippen LogP contribution in [0.25, 0.3) is 0 Å². The van der Waals surface area contributed by atoms with Gasteiger partial charge in [0.2, 0.25) is 10.0 Å². The number of nitro benzene ring substituents is 1. The van der Waals surface area contributed by atoms with E-state index in [-0.39, 0.29) is 0 Å². The van der Waals surface area contributed by atoms with Crippen molar-refractivity contribution in [1.29, 1.82) is 0 Å². The Hall–Kier alpha value is -2.49. The van der Waals surface area contributed by atoms with Crippen LogP contribution in [0.15, 0.2) is 59.5 Å². The number of sulfonamides is 1. The molecule has 8 nitrogen and oxygen atoms in total. The van der Waals surface area contributed by atoms with E-state index in [0.717, 1.165) is 12.1 Å². The van der Waals surface area contributed by atoms with Crippen molar-refractivity contribution in [1.82, 2.24) is 4.72 Å². The summed E-state index contributed by atoms with van der Waals surface area (Å²) in [5.41, 5.74) is -0.128. The van der Waals surface area contributed by atoms with Crippen molar-refractivity contribution in [2.45, 2.75) is 36.3 Å². The minimum atomic E-state index is -4.45. The molecule has 0 aliphatic heterocycles. The van der Waals surface area contributed by atoms with E-state index >= 15 is 0 Å². The van der Waals surface area contributed by atoms with Gasteiger partial charge in [-0.05, 0) is 25.5 Å². The molecule has 0 saturated heterocycles. The normalized spacial score (nSPS) is 13.7. The smallest absolute Gasteiger partial charge is 0.326 e. The fourth-order valence-electron chi connectivity index (χ4n) is 2.43. The number of nitrogens with one attached hydrogen (secondary N) is 1. The molecule has 2 aromatic rings. The highest BCUT2D eigenvalue weighted by Gasteiger charge is 2.36. The number of hydrogen-bond acceptors (Lipinski definition) is 6. The van der Waals surface area contributed by atoms with Crippen LogP contribution in [-0.4, -0.2) is 31.5 Å². The number of carbonyl (C=O) groups excluding carboxylic acids is 1. The van der Waals surface area contributed by atoms with E-state index in [1.54, 1.807) is 44.2 Å². The first-order valence-corrected chi connectivity index (χ1v) is 10.2. The molecule has 1 N–H and O–H groups in total. The first kappa shape index (κ1) is 21.8. The minimum absolute atomic E-state index is 0.486. The van der Waals surface area contributed by atoms with Crippen molar-refractivity contribution in [3.8, 4) is 0 Å². The number of nitro groups is 1. The van der Waals surface area contributed by atoms with Crippen molar-refractivity contribution in [2.24, 2.45) is 0 Å². The molecule has 0 aliphatic carbocycles. The van der Waals surface area contributed by atoms with Crippen molar-refractivity contribution in [3.63, 3.8) is 0 Å². The number of carbonyl (C=O) groups is 1. The Kier molecular flexibility index (Phi) is 7.11. The van der Waals surface area contributed by atoms with Gasteiger partial charge in [-0.2, -0.15) is 4.72 Å². The van der Waals surface area contributed by atoms with E-state index in [9.17, 15) is 23.3 Å². The van der Waals surface area contributed by atoms with Gasteiger partial charge in [0.05, 0.1) is 16.4 Å². The molecule has 10 heteroatoms. The Morgan fingerprint density at radius 2 is 1.68 bits per heavy atom. The second-order valence-electron chi connectivity index (χ2n) is 6.12. The van der Waals surface area contributed by atoms with Crippen LogP contribution >= 0.6 is 11.6 Å². The van der Waals surface area contributed by atoms with Crippen molar-refractivity contribution < 1.29 is 22.9 Å². The number of nitrogens with zero attached hydrogens (tertiary/aromatic N) is 1. The standard InChI is InChI=1S/C18H19ClN2O6S/c1-12(2)27-18(22)17(16(19)13-8-4-3-5-9-13)20-28(25,26)15-11-7-6-10-14(15)21(23)24/h3-12,16-17,20H,1-2H3/t16-,17-/m1/s1. The van der Waals surface area contributed by atoms with E-state index in [4.69, 9.17) is 16.3 Å². The summed E-state index contributed by atoms with van der Waals surface area (Å²) in [7, 11) is -4.45. The second-order valence-corrected chi connectivity index (χ2v) is 8.27. The third-order valence-corrected chi connectivity index (χ3v) is 5.64. The van der Waals surface area contributed by atoms with E-state index in [1.165, 1.54) is 12.1 Å². The van der Waals surface area contributed by atoms with Crippen LogP contribution in [0.4, 0.5) is 5.69 Å². The van der Waals surface area contributed by atoms with Gasteiger partial charge in [0.25, 0.3) is 5.69 Å². The zero-order valence-corrected chi connectivity index (χ0v) is 16.7. The molecule has 0 radical (unpaired) electrons. The highest BCUT2D eigenvalue weighted by Crippen LogP contribution is 2.28. The van der Waals surface area contributed by atoms with Crippen LogP contribution in [0, 0.1) is 10.1 Å². The molecule has 150 valence electrons. The topological polar surface area (TPSA) is 116 Å². The Balaban J connectivity index is 2.44. The van der Waals surface area contributed by atoms with Gasteiger partial charge in [0, 0.05) is 6.07 Å². The van der Waals surface area contributed by atoms with Gasteiger partial charge >= 0.3 is 5.97 Å². The van der Waals surface area contributed by atoms with Gasteiger partial charge in [0.1, 0.15) is 6.04 Å². The number of ether oxygens (including phenoxy) is 1. The summed E-state index contributed by atoms with van der Waals surface area (Å²) in [4.78, 5) is 22.3. The zero-order chi connectivity index (χ0) is 20.9. The number of esters is 1. The summed E-state index contributed by atoms with van der Waals surface area (Å²) in [5, 5.41) is 10.1. The van der Waals surface area contributed by atoms with Gasteiger partial charge in [-0.25, -0.2) is 8.42 Å². The van der Waals surface area contributed by atoms with Crippen LogP contribution in [0.5, 0.6) is 0 Å². The van der Waals surface area contributed by atoms with E-state index in [1.807, 2.05) is 0 Å². The number of halogens is 1. The minimum Gasteiger partial charge on any atom is -0.462 e. The molecule has 0 spiro atoms. The molecule has 2 aromatic carbocycles. The highest BCUT2D eigenvalue weighted by molar-refractivity contribution is 7.89. The fraction of sp³-hybridized carbons (Fsp3) is 0.278. The van der Waals surface area contributed by atoms with Gasteiger partial charge in [-0.3, -0.25) is 14.9 Å². The van der Waals surface area contributed by atoms with Crippen molar-refractivity contribution >= 4 is 33.3 Å². The molecule has 0 bridgehead atoms. The molecule has 0 heterocycles. The molecule has 0 aromatic heterocycles. The first-order valence-electron chi connectivity index (χ1n) is 8.28. The largest absolute Gasteiger partial charge is 0.462 e. The third kappa shape index (κ3) is 5.28. The average molecular weight is 427 g/mol. The van der Waals surface area contributed by atoms with Crippen LogP contribution in [-0.2, 0) is 19.6 Å². The summed E-state index contributed by atoms with van der Waals surface area (Å²) in [6, 6.07) is 11.7. The lowest BCUT2D eigenvalue weighted by Gasteiger charge is -2.23. The molecule has 0 amide bonds. The highest BCUT2D eigenvalue weighted by atomic mass is 35.5. The van der Waals surface area contributed by atoms with Crippen LogP contribution in [0.1, 0.15) is 24.8 Å². The van der Waals surface area contributed by atoms with Gasteiger partial charge in [0.15, 0.2) is 4.90 Å². The Morgan fingerprint density at radius 1 is 1.11 bits per heavy atom. The molecule has 0 saturated carbocycles. The predicted molar refractivity (Wildman–Crippen MR) is 103 cm³/mol. The van der Waals surface area contributed by atoms with Gasteiger partial charge < -0.3 is 4.74 Å². The van der Waals surface area contributed by atoms with E-state index in [0.29, 0.717) is 5.56 Å². The lowest BCUT2D eigenvalue weighted by Crippen LogP contribution is -2.45. The summed E-state index contributed by atoms with van der Waals surface area (Å²) >= 11 is 6.38. The molecule has 28 heavy (non-hydrogen) atoms. The maximum absolute atomic E-state index is 12.8.